The third-order valence-corrected chi connectivity index (χ3v) is 11.1. The maximum Gasteiger partial charge on any atom is 0.417 e. The number of hydrogen-bond donors (Lipinski definition) is 5. The van der Waals surface area contributed by atoms with Gasteiger partial charge in [0, 0.05) is 35.4 Å². The van der Waals surface area contributed by atoms with Crippen molar-refractivity contribution in [1.29, 1.82) is 5.26 Å². The number of nitrogens with zero attached hydrogens (tertiary/aromatic N) is 1. The fourth-order valence-electron chi connectivity index (χ4n) is 6.34. The number of alkyl halides is 3. The molecule has 58 heavy (non-hydrogen) atoms. The quantitative estimate of drug-likeness (QED) is 0.0754. The average molecular weight is 822 g/mol. The van der Waals surface area contributed by atoms with Crippen LogP contribution < -0.4 is 20.7 Å². The lowest BCUT2D eigenvalue weighted by Gasteiger charge is -2.22. The van der Waals surface area contributed by atoms with E-state index in [0.29, 0.717) is 35.5 Å². The molecule has 0 saturated carbocycles. The number of H-pyrrole nitrogens is 1. The summed E-state index contributed by atoms with van der Waals surface area (Å²) in [5.74, 6) is -3.34. The molecule has 1 aliphatic heterocycles. The van der Waals surface area contributed by atoms with E-state index >= 15 is 0 Å². The lowest BCUT2D eigenvalue weighted by molar-refractivity contribution is -0.138. The Morgan fingerprint density at radius 2 is 1.72 bits per heavy atom. The number of ether oxygens (including phenoxy) is 2. The highest BCUT2D eigenvalue weighted by Gasteiger charge is 2.38. The van der Waals surface area contributed by atoms with Crippen LogP contribution in [0.15, 0.2) is 83.8 Å². The van der Waals surface area contributed by atoms with Crippen molar-refractivity contribution in [3.63, 3.8) is 0 Å². The molecule has 13 nitrogen and oxygen atoms in total. The van der Waals surface area contributed by atoms with E-state index < -0.39 is 55.9 Å². The summed E-state index contributed by atoms with van der Waals surface area (Å²) in [4.78, 5) is 40.6. The van der Waals surface area contributed by atoms with Gasteiger partial charge in [-0.3, -0.25) is 14.4 Å². The molecule has 0 saturated heterocycles. The second-order valence-electron chi connectivity index (χ2n) is 13.6. The van der Waals surface area contributed by atoms with E-state index in [1.54, 1.807) is 0 Å². The van der Waals surface area contributed by atoms with Crippen molar-refractivity contribution in [2.24, 2.45) is 0 Å². The van der Waals surface area contributed by atoms with Crippen molar-refractivity contribution in [2.45, 2.75) is 36.6 Å². The van der Waals surface area contributed by atoms with Crippen molar-refractivity contribution in [3.8, 4) is 23.1 Å². The van der Waals surface area contributed by atoms with Crippen LogP contribution >= 0.6 is 0 Å². The standard InChI is InChI=1S/C40H35F4N5O8S/c1-39(53,38(52)48-27-7-6-25(19-45)32(18-27)40(42,43)44)22-58(54,55)29-10-8-28(9-11-29)57-15-14-56-21-34(50)47-20-23-2-4-24(5-3-23)36-30-12-13-46-37(51)31-16-26(41)17-33(49-36)35(30)31/h2-11,16-18,49,53H,12-15,20-22H2,1H3,(H,46,51)(H,47,50)(H,48,52). The van der Waals surface area contributed by atoms with Gasteiger partial charge in [0.15, 0.2) is 15.4 Å². The molecular formula is C40H35F4N5O8S. The molecule has 0 fully saturated rings. The molecule has 18 heteroatoms. The molecule has 5 aromatic rings. The highest BCUT2D eigenvalue weighted by Crippen LogP contribution is 2.36. The number of nitrogens with one attached hydrogen (secondary N) is 4. The SMILES string of the molecule is CC(O)(CS(=O)(=O)c1ccc(OCCOCC(=O)NCc2ccc(-c3[nH]c4cc(F)cc5c4c3CCNC5=O)cc2)cc1)C(=O)Nc1ccc(C#N)c(C(F)(F)F)c1. The van der Waals surface area contributed by atoms with E-state index in [1.165, 1.54) is 42.5 Å². The molecule has 1 atom stereocenters. The van der Waals surface area contributed by atoms with Crippen molar-refractivity contribution in [3.05, 3.63) is 112 Å². The summed E-state index contributed by atoms with van der Waals surface area (Å²) < 4.78 is 91.1. The molecule has 302 valence electrons. The lowest BCUT2D eigenvalue weighted by Crippen LogP contribution is -2.45. The molecule has 1 aromatic heterocycles. The molecule has 1 aliphatic rings. The number of aromatic amines is 1. The Morgan fingerprint density at radius 3 is 2.41 bits per heavy atom. The number of rotatable bonds is 14. The van der Waals surface area contributed by atoms with Gasteiger partial charge in [0.1, 0.15) is 24.8 Å². The van der Waals surface area contributed by atoms with Crippen LogP contribution in [-0.4, -0.2) is 73.9 Å². The number of benzene rings is 4. The number of aromatic nitrogens is 1. The fraction of sp³-hybridized carbons (Fsp3) is 0.250. The van der Waals surface area contributed by atoms with Crippen LogP contribution in [-0.2, 0) is 43.3 Å². The van der Waals surface area contributed by atoms with Crippen molar-refractivity contribution in [1.82, 2.24) is 15.6 Å². The Hall–Kier alpha value is -6.29. The molecule has 6 rings (SSSR count). The van der Waals surface area contributed by atoms with Gasteiger partial charge in [0.05, 0.1) is 40.0 Å². The Kier molecular flexibility index (Phi) is 11.9. The van der Waals surface area contributed by atoms with Gasteiger partial charge in [-0.05, 0) is 84.6 Å². The van der Waals surface area contributed by atoms with Gasteiger partial charge >= 0.3 is 6.18 Å². The van der Waals surface area contributed by atoms with Crippen molar-refractivity contribution in [2.75, 3.05) is 37.4 Å². The van der Waals surface area contributed by atoms with Crippen molar-refractivity contribution >= 4 is 44.1 Å². The maximum atomic E-state index is 14.2. The van der Waals surface area contributed by atoms with Crippen LogP contribution in [0.4, 0.5) is 23.2 Å². The number of nitriles is 1. The second kappa shape index (κ2) is 16.7. The summed E-state index contributed by atoms with van der Waals surface area (Å²) in [5, 5.41) is 28.0. The molecule has 4 aromatic carbocycles. The lowest BCUT2D eigenvalue weighted by atomic mass is 9.99. The molecule has 3 amide bonds. The molecule has 2 heterocycles. The predicted molar refractivity (Wildman–Crippen MR) is 202 cm³/mol. The molecule has 0 aliphatic carbocycles. The van der Waals surface area contributed by atoms with Gasteiger partial charge in [-0.2, -0.15) is 18.4 Å². The van der Waals surface area contributed by atoms with E-state index in [2.05, 4.69) is 20.9 Å². The molecular weight excluding hydrogens is 787 g/mol. The fourth-order valence-corrected chi connectivity index (χ4v) is 7.93. The van der Waals surface area contributed by atoms with Gasteiger partial charge in [-0.1, -0.05) is 24.3 Å². The third kappa shape index (κ3) is 9.45. The summed E-state index contributed by atoms with van der Waals surface area (Å²) in [5.41, 5.74) is -0.751. The van der Waals surface area contributed by atoms with Crippen LogP contribution in [0.1, 0.15) is 39.5 Å². The monoisotopic (exact) mass is 821 g/mol. The van der Waals surface area contributed by atoms with E-state index in [9.17, 15) is 45.5 Å². The summed E-state index contributed by atoms with van der Waals surface area (Å²) >= 11 is 0. The number of aliphatic hydroxyl groups is 1. The number of sulfone groups is 1. The summed E-state index contributed by atoms with van der Waals surface area (Å²) in [6.07, 6.45) is -4.33. The van der Waals surface area contributed by atoms with Crippen LogP contribution in [0.3, 0.4) is 0 Å². The zero-order chi connectivity index (χ0) is 41.8. The van der Waals surface area contributed by atoms with Gasteiger partial charge in [0.2, 0.25) is 5.91 Å². The third-order valence-electron chi connectivity index (χ3n) is 9.18. The first-order valence-corrected chi connectivity index (χ1v) is 19.3. The highest BCUT2D eigenvalue weighted by molar-refractivity contribution is 7.91. The van der Waals surface area contributed by atoms with Gasteiger partial charge in [0.25, 0.3) is 11.8 Å². The van der Waals surface area contributed by atoms with Crippen molar-refractivity contribution < 1.29 is 54.9 Å². The molecule has 0 bridgehead atoms. The van der Waals surface area contributed by atoms with Crippen LogP contribution in [0, 0.1) is 17.1 Å². The van der Waals surface area contributed by atoms with E-state index in [0.717, 1.165) is 41.4 Å². The summed E-state index contributed by atoms with van der Waals surface area (Å²) in [6, 6.07) is 18.9. The minimum atomic E-state index is -4.90. The number of carbonyl (C=O) groups is 3. The number of anilines is 1. The van der Waals surface area contributed by atoms with Gasteiger partial charge in [-0.15, -0.1) is 0 Å². The normalized spacial score (nSPS) is 13.8. The number of carbonyl (C=O) groups excluding carboxylic acids is 3. The van der Waals surface area contributed by atoms with Crippen LogP contribution in [0.2, 0.25) is 0 Å². The Bertz CT molecular complexity index is 2530. The average Bonchev–Trinajstić information content (AvgIpc) is 3.44. The number of amides is 3. The minimum absolute atomic E-state index is 0.00915. The summed E-state index contributed by atoms with van der Waals surface area (Å²) in [7, 11) is -4.29. The topological polar surface area (TPSA) is 200 Å². The Morgan fingerprint density at radius 1 is 1.00 bits per heavy atom. The first kappa shape index (κ1) is 41.3. The molecule has 5 N–H and O–H groups in total. The molecule has 0 spiro atoms. The predicted octanol–water partition coefficient (Wildman–Crippen LogP) is 5.03. The molecule has 1 unspecified atom stereocenters. The zero-order valence-electron chi connectivity index (χ0n) is 30.6. The Labute approximate surface area is 328 Å². The van der Waals surface area contributed by atoms with E-state index in [1.807, 2.05) is 24.3 Å². The summed E-state index contributed by atoms with van der Waals surface area (Å²) in [6.45, 7) is 1.31. The van der Waals surface area contributed by atoms with Crippen LogP contribution in [0.5, 0.6) is 5.75 Å². The Balaban J connectivity index is 0.933. The first-order valence-electron chi connectivity index (χ1n) is 17.6. The first-order chi connectivity index (χ1) is 27.4. The van der Waals surface area contributed by atoms with Crippen LogP contribution in [0.25, 0.3) is 22.2 Å². The minimum Gasteiger partial charge on any atom is -0.491 e. The van der Waals surface area contributed by atoms with Gasteiger partial charge in [-0.25, -0.2) is 12.8 Å². The smallest absolute Gasteiger partial charge is 0.417 e. The van der Waals surface area contributed by atoms with E-state index in [-0.39, 0.29) is 48.8 Å². The highest BCUT2D eigenvalue weighted by atomic mass is 32.2. The number of hydrogen-bond acceptors (Lipinski definition) is 9. The molecule has 0 radical (unpaired) electrons. The van der Waals surface area contributed by atoms with Gasteiger partial charge < -0.3 is 35.5 Å². The largest absolute Gasteiger partial charge is 0.491 e. The maximum absolute atomic E-state index is 14.2. The zero-order valence-corrected chi connectivity index (χ0v) is 31.4. The van der Waals surface area contributed by atoms with E-state index in [4.69, 9.17) is 14.7 Å². The second-order valence-corrected chi connectivity index (χ2v) is 15.6. The number of halogens is 4.